The Hall–Kier alpha value is -2.73. The normalized spacial score (nSPS) is 19.4. The van der Waals surface area contributed by atoms with Crippen LogP contribution in [0, 0.1) is 12.8 Å². The first kappa shape index (κ1) is 17.7. The lowest BCUT2D eigenvalue weighted by Gasteiger charge is -2.12. The fourth-order valence-electron chi connectivity index (χ4n) is 3.39. The summed E-state index contributed by atoms with van der Waals surface area (Å²) in [6.07, 6.45) is 2.67. The van der Waals surface area contributed by atoms with Gasteiger partial charge in [0.1, 0.15) is 11.9 Å². The summed E-state index contributed by atoms with van der Waals surface area (Å²) in [5.74, 6) is 2.82. The fraction of sp³-hybridized carbons (Fsp3) is 0.381. The van der Waals surface area contributed by atoms with E-state index in [0.29, 0.717) is 18.3 Å². The zero-order valence-corrected chi connectivity index (χ0v) is 15.9. The van der Waals surface area contributed by atoms with Crippen LogP contribution in [0.25, 0.3) is 17.1 Å². The van der Waals surface area contributed by atoms with Gasteiger partial charge in [-0.1, -0.05) is 19.1 Å². The second kappa shape index (κ2) is 7.48. The second-order valence-corrected chi connectivity index (χ2v) is 6.94. The predicted octanol–water partition coefficient (Wildman–Crippen LogP) is 4.13. The lowest BCUT2D eigenvalue weighted by Crippen LogP contribution is -2.10. The van der Waals surface area contributed by atoms with Crippen LogP contribution in [0.2, 0.25) is 0 Å². The molecule has 1 aliphatic rings. The highest BCUT2D eigenvalue weighted by Crippen LogP contribution is 2.34. The van der Waals surface area contributed by atoms with Gasteiger partial charge in [-0.15, -0.1) is 5.10 Å². The van der Waals surface area contributed by atoms with E-state index in [4.69, 9.17) is 19.6 Å². The number of benzene rings is 1. The van der Waals surface area contributed by atoms with Gasteiger partial charge in [-0.3, -0.25) is 4.98 Å². The number of aryl methyl sites for hydroxylation is 1. The first-order chi connectivity index (χ1) is 13.2. The zero-order chi connectivity index (χ0) is 18.8. The summed E-state index contributed by atoms with van der Waals surface area (Å²) in [7, 11) is 0. The third kappa shape index (κ3) is 3.57. The zero-order valence-electron chi connectivity index (χ0n) is 15.9. The molecule has 27 heavy (non-hydrogen) atoms. The minimum absolute atomic E-state index is 0.0593. The van der Waals surface area contributed by atoms with Gasteiger partial charge in [0.15, 0.2) is 11.6 Å². The Kier molecular flexibility index (Phi) is 4.90. The lowest BCUT2D eigenvalue weighted by atomic mass is 10.1. The molecular formula is C21H24N4O2. The Morgan fingerprint density at radius 3 is 2.89 bits per heavy atom. The van der Waals surface area contributed by atoms with Crippen molar-refractivity contribution in [1.82, 2.24) is 19.7 Å². The molecule has 1 saturated heterocycles. The number of hydrogen-bond acceptors (Lipinski definition) is 5. The van der Waals surface area contributed by atoms with Gasteiger partial charge >= 0.3 is 0 Å². The van der Waals surface area contributed by atoms with Crippen molar-refractivity contribution in [1.29, 1.82) is 0 Å². The Morgan fingerprint density at radius 1 is 1.26 bits per heavy atom. The minimum Gasteiger partial charge on any atom is -0.494 e. The SMILES string of the molecule is CCOc1cccc(-c2nc(C3CC(C)CO3)n(-c3cccnc3C)n2)c1. The molecule has 1 fully saturated rings. The van der Waals surface area contributed by atoms with E-state index in [-0.39, 0.29) is 6.10 Å². The molecule has 1 aliphatic heterocycles. The number of ether oxygens (including phenoxy) is 2. The smallest absolute Gasteiger partial charge is 0.182 e. The molecule has 0 aliphatic carbocycles. The summed E-state index contributed by atoms with van der Waals surface area (Å²) in [5.41, 5.74) is 2.76. The van der Waals surface area contributed by atoms with Crippen molar-refractivity contribution >= 4 is 0 Å². The van der Waals surface area contributed by atoms with E-state index in [1.165, 1.54) is 0 Å². The Bertz CT molecular complexity index is 937. The molecule has 0 saturated carbocycles. The number of rotatable bonds is 5. The summed E-state index contributed by atoms with van der Waals surface area (Å²) >= 11 is 0. The Labute approximate surface area is 159 Å². The van der Waals surface area contributed by atoms with E-state index in [1.54, 1.807) is 6.20 Å². The molecule has 0 radical (unpaired) electrons. The van der Waals surface area contributed by atoms with Crippen molar-refractivity contribution in [2.75, 3.05) is 13.2 Å². The second-order valence-electron chi connectivity index (χ2n) is 6.94. The highest BCUT2D eigenvalue weighted by molar-refractivity contribution is 5.58. The summed E-state index contributed by atoms with van der Waals surface area (Å²) in [6, 6.07) is 11.8. The number of nitrogens with zero attached hydrogens (tertiary/aromatic N) is 4. The number of pyridine rings is 1. The monoisotopic (exact) mass is 364 g/mol. The molecule has 6 heteroatoms. The van der Waals surface area contributed by atoms with E-state index >= 15 is 0 Å². The maximum Gasteiger partial charge on any atom is 0.182 e. The van der Waals surface area contributed by atoms with Gasteiger partial charge < -0.3 is 9.47 Å². The van der Waals surface area contributed by atoms with Crippen molar-refractivity contribution in [3.8, 4) is 22.8 Å². The molecule has 0 N–H and O–H groups in total. The van der Waals surface area contributed by atoms with Crippen LogP contribution in [0.1, 0.15) is 37.9 Å². The van der Waals surface area contributed by atoms with Gasteiger partial charge in [-0.05, 0) is 50.5 Å². The fourth-order valence-corrected chi connectivity index (χ4v) is 3.39. The largest absolute Gasteiger partial charge is 0.494 e. The molecule has 140 valence electrons. The maximum absolute atomic E-state index is 6.00. The van der Waals surface area contributed by atoms with Crippen molar-refractivity contribution in [2.24, 2.45) is 5.92 Å². The average Bonchev–Trinajstić information content (AvgIpc) is 3.29. The molecule has 6 nitrogen and oxygen atoms in total. The molecule has 0 bridgehead atoms. The molecule has 3 heterocycles. The topological polar surface area (TPSA) is 62.1 Å². The van der Waals surface area contributed by atoms with Gasteiger partial charge in [0, 0.05) is 11.8 Å². The molecule has 4 rings (SSSR count). The van der Waals surface area contributed by atoms with Crippen LogP contribution in [0.5, 0.6) is 5.75 Å². The van der Waals surface area contributed by atoms with E-state index in [9.17, 15) is 0 Å². The van der Waals surface area contributed by atoms with Crippen molar-refractivity contribution in [3.05, 3.63) is 54.1 Å². The maximum atomic E-state index is 6.00. The van der Waals surface area contributed by atoms with Crippen LogP contribution in [-0.2, 0) is 4.74 Å². The van der Waals surface area contributed by atoms with Gasteiger partial charge in [0.25, 0.3) is 0 Å². The van der Waals surface area contributed by atoms with Gasteiger partial charge in [0.2, 0.25) is 0 Å². The van der Waals surface area contributed by atoms with Crippen LogP contribution in [0.4, 0.5) is 0 Å². The van der Waals surface area contributed by atoms with E-state index in [0.717, 1.165) is 41.5 Å². The van der Waals surface area contributed by atoms with Crippen LogP contribution in [0.15, 0.2) is 42.6 Å². The van der Waals surface area contributed by atoms with Crippen molar-refractivity contribution in [2.45, 2.75) is 33.3 Å². The predicted molar refractivity (Wildman–Crippen MR) is 103 cm³/mol. The summed E-state index contributed by atoms with van der Waals surface area (Å²) < 4.78 is 13.5. The molecule has 1 aromatic carbocycles. The Morgan fingerprint density at radius 2 is 2.15 bits per heavy atom. The van der Waals surface area contributed by atoms with Gasteiger partial charge in [-0.2, -0.15) is 0 Å². The summed E-state index contributed by atoms with van der Waals surface area (Å²) in [4.78, 5) is 9.27. The quantitative estimate of drug-likeness (QED) is 0.681. The number of hydrogen-bond donors (Lipinski definition) is 0. The molecule has 3 aromatic rings. The van der Waals surface area contributed by atoms with E-state index < -0.39 is 0 Å². The Balaban J connectivity index is 1.80. The number of aromatic nitrogens is 4. The van der Waals surface area contributed by atoms with Crippen molar-refractivity contribution in [3.63, 3.8) is 0 Å². The van der Waals surface area contributed by atoms with Crippen LogP contribution in [0.3, 0.4) is 0 Å². The molecule has 0 spiro atoms. The average molecular weight is 364 g/mol. The van der Waals surface area contributed by atoms with Gasteiger partial charge in [0.05, 0.1) is 24.6 Å². The summed E-state index contributed by atoms with van der Waals surface area (Å²) in [5, 5.41) is 4.81. The standard InChI is InChI=1S/C21H24N4O2/c1-4-26-17-8-5-7-16(12-17)20-23-21(19-11-14(2)13-27-19)25(24-20)18-9-6-10-22-15(18)3/h5-10,12,14,19H,4,11,13H2,1-3H3. The molecule has 2 aromatic heterocycles. The highest BCUT2D eigenvalue weighted by Gasteiger charge is 2.30. The minimum atomic E-state index is -0.0593. The lowest BCUT2D eigenvalue weighted by molar-refractivity contribution is 0.0998. The molecule has 0 amide bonds. The third-order valence-electron chi connectivity index (χ3n) is 4.73. The molecule has 2 unspecified atom stereocenters. The first-order valence-electron chi connectivity index (χ1n) is 9.39. The molecular weight excluding hydrogens is 340 g/mol. The van der Waals surface area contributed by atoms with Crippen LogP contribution >= 0.6 is 0 Å². The van der Waals surface area contributed by atoms with Gasteiger partial charge in [-0.25, -0.2) is 9.67 Å². The third-order valence-corrected chi connectivity index (χ3v) is 4.73. The van der Waals surface area contributed by atoms with Crippen LogP contribution < -0.4 is 4.74 Å². The summed E-state index contributed by atoms with van der Waals surface area (Å²) in [6.45, 7) is 7.52. The van der Waals surface area contributed by atoms with E-state index in [2.05, 4.69) is 11.9 Å². The molecule has 2 atom stereocenters. The first-order valence-corrected chi connectivity index (χ1v) is 9.39. The highest BCUT2D eigenvalue weighted by atomic mass is 16.5. The van der Waals surface area contributed by atoms with Crippen LogP contribution in [-0.4, -0.2) is 33.0 Å². The van der Waals surface area contributed by atoms with Crippen molar-refractivity contribution < 1.29 is 9.47 Å². The van der Waals surface area contributed by atoms with E-state index in [1.807, 2.05) is 54.9 Å².